The van der Waals surface area contributed by atoms with Crippen molar-refractivity contribution < 1.29 is 0 Å². The third-order valence-electron chi connectivity index (χ3n) is 16.8. The van der Waals surface area contributed by atoms with Crippen LogP contribution >= 0.6 is 0 Å². The normalized spacial score (nSPS) is 11.9. The molecular weight excluding hydrogens is 997 g/mol. The third kappa shape index (κ3) is 6.88. The van der Waals surface area contributed by atoms with Gasteiger partial charge in [-0.05, 0) is 78.9 Å². The maximum atomic E-state index is 5.43. The van der Waals surface area contributed by atoms with Crippen molar-refractivity contribution in [2.45, 2.75) is 0 Å². The summed E-state index contributed by atoms with van der Waals surface area (Å²) in [5.41, 5.74) is 20.4. The maximum absolute atomic E-state index is 5.43. The van der Waals surface area contributed by atoms with E-state index >= 15 is 0 Å². The zero-order valence-corrected chi connectivity index (χ0v) is 44.4. The molecule has 5 aromatic heterocycles. The molecule has 6 heteroatoms. The maximum Gasteiger partial charge on any atom is 0.160 e. The molecule has 17 rings (SSSR count). The molecule has 0 unspecified atom stereocenters. The highest BCUT2D eigenvalue weighted by atomic mass is 15.0. The van der Waals surface area contributed by atoms with Gasteiger partial charge in [-0.25, -0.2) is 9.97 Å². The van der Waals surface area contributed by atoms with Gasteiger partial charge in [0.05, 0.1) is 66.9 Å². The highest BCUT2D eigenvalue weighted by Gasteiger charge is 2.26. The second-order valence-corrected chi connectivity index (χ2v) is 21.2. The predicted octanol–water partition coefficient (Wildman–Crippen LogP) is 19.5. The predicted molar refractivity (Wildman–Crippen MR) is 341 cm³/mol. The molecular formula is C76H48N6. The van der Waals surface area contributed by atoms with Crippen molar-refractivity contribution in [3.8, 4) is 67.8 Å². The van der Waals surface area contributed by atoms with Crippen molar-refractivity contribution in [2.75, 3.05) is 0 Å². The average molecular weight is 1050 g/mol. The van der Waals surface area contributed by atoms with E-state index in [2.05, 4.69) is 309 Å². The van der Waals surface area contributed by atoms with Gasteiger partial charge in [0.15, 0.2) is 5.82 Å². The highest BCUT2D eigenvalue weighted by Crippen LogP contribution is 2.47. The Bertz CT molecular complexity index is 5320. The molecule has 6 nitrogen and oxygen atoms in total. The second kappa shape index (κ2) is 18.2. The molecule has 0 saturated heterocycles. The Morgan fingerprint density at radius 2 is 0.622 bits per heavy atom. The molecule has 82 heavy (non-hydrogen) atoms. The summed E-state index contributed by atoms with van der Waals surface area (Å²) in [5, 5.41) is 9.64. The summed E-state index contributed by atoms with van der Waals surface area (Å²) in [6.07, 6.45) is 0. The molecule has 5 heterocycles. The van der Waals surface area contributed by atoms with E-state index in [0.29, 0.717) is 5.82 Å². The first kappa shape index (κ1) is 45.9. The molecule has 0 fully saturated rings. The number of para-hydroxylation sites is 7. The number of benzene rings is 12. The van der Waals surface area contributed by atoms with Gasteiger partial charge in [-0.3, -0.25) is 0 Å². The summed E-state index contributed by atoms with van der Waals surface area (Å²) in [7, 11) is 0. The fourth-order valence-corrected chi connectivity index (χ4v) is 13.3. The molecule has 17 aromatic rings. The second-order valence-electron chi connectivity index (χ2n) is 21.2. The fraction of sp³-hybridized carbons (Fsp3) is 0. The van der Waals surface area contributed by atoms with Crippen LogP contribution in [0.1, 0.15) is 0 Å². The number of aromatic nitrogens is 6. The first-order valence-electron chi connectivity index (χ1n) is 28.0. The number of rotatable bonds is 8. The zero-order valence-electron chi connectivity index (χ0n) is 44.4. The van der Waals surface area contributed by atoms with Crippen molar-refractivity contribution in [3.63, 3.8) is 0 Å². The minimum atomic E-state index is 0.647. The molecule has 0 aliphatic carbocycles. The molecule has 0 N–H and O–H groups in total. The van der Waals surface area contributed by atoms with Crippen molar-refractivity contribution in [2.24, 2.45) is 0 Å². The van der Waals surface area contributed by atoms with E-state index in [9.17, 15) is 0 Å². The average Bonchev–Trinajstić information content (AvgIpc) is 2.66. The molecule has 0 aliphatic rings. The van der Waals surface area contributed by atoms with Gasteiger partial charge >= 0.3 is 0 Å². The van der Waals surface area contributed by atoms with E-state index in [0.717, 1.165) is 84.0 Å². The minimum Gasteiger partial charge on any atom is -0.309 e. The molecule has 12 aromatic carbocycles. The van der Waals surface area contributed by atoms with Gasteiger partial charge in [-0.15, -0.1) is 0 Å². The van der Waals surface area contributed by atoms with Crippen molar-refractivity contribution >= 4 is 87.2 Å². The van der Waals surface area contributed by atoms with Crippen LogP contribution in [0.2, 0.25) is 0 Å². The molecule has 0 radical (unpaired) electrons. The van der Waals surface area contributed by atoms with Gasteiger partial charge in [0, 0.05) is 82.3 Å². The standard InChI is InChI=1S/C76H48N6/c1-5-23-49(24-6-1)62-48-63(50-25-7-2-8-26-50)78-76(77-62)51-41-42-57(71(47-51)82-68-40-22-17-35-61(68)73-70(82)46-44-59-56-33-15-19-37-65(56)80(75(59)73)53-29-11-4-12-30-53)54-31-13-20-38-66(54)81-67-39-21-16-34-60(67)72-69(81)45-43-58-55-32-14-18-36-64(55)79(74(58)72)52-27-9-3-10-28-52/h1-48H. The minimum absolute atomic E-state index is 0.647. The van der Waals surface area contributed by atoms with Crippen LogP contribution in [0.5, 0.6) is 0 Å². The Balaban J connectivity index is 0.983. The lowest BCUT2D eigenvalue weighted by atomic mass is 9.98. The molecule has 0 atom stereocenters. The topological polar surface area (TPSA) is 45.5 Å². The summed E-state index contributed by atoms with van der Waals surface area (Å²) >= 11 is 0. The number of hydrogen-bond acceptors (Lipinski definition) is 2. The Morgan fingerprint density at radius 1 is 0.232 bits per heavy atom. The van der Waals surface area contributed by atoms with E-state index in [-0.39, 0.29) is 0 Å². The van der Waals surface area contributed by atoms with E-state index in [1.807, 2.05) is 0 Å². The van der Waals surface area contributed by atoms with Crippen LogP contribution in [0.25, 0.3) is 155 Å². The third-order valence-corrected chi connectivity index (χ3v) is 16.8. The van der Waals surface area contributed by atoms with Crippen molar-refractivity contribution in [1.82, 2.24) is 28.2 Å². The molecule has 0 saturated carbocycles. The first-order chi connectivity index (χ1) is 40.7. The largest absolute Gasteiger partial charge is 0.309 e. The van der Waals surface area contributed by atoms with Gasteiger partial charge in [0.2, 0.25) is 0 Å². The van der Waals surface area contributed by atoms with Gasteiger partial charge in [0.1, 0.15) is 0 Å². The molecule has 0 bridgehead atoms. The van der Waals surface area contributed by atoms with Crippen molar-refractivity contribution in [1.29, 1.82) is 0 Å². The molecule has 382 valence electrons. The van der Waals surface area contributed by atoms with Crippen LogP contribution in [0.3, 0.4) is 0 Å². The molecule has 0 amide bonds. The van der Waals surface area contributed by atoms with Crippen LogP contribution in [-0.4, -0.2) is 28.2 Å². The van der Waals surface area contributed by atoms with Crippen LogP contribution < -0.4 is 0 Å². The lowest BCUT2D eigenvalue weighted by Gasteiger charge is -2.20. The van der Waals surface area contributed by atoms with E-state index in [1.54, 1.807) is 0 Å². The SMILES string of the molecule is c1ccc(-c2cc(-c3ccccc3)nc(-c3ccc(-c4ccccc4-n4c5ccccc5c5c4ccc4c6ccccc6n(-c6ccccc6)c45)c(-n4c5ccccc5c5c4ccc4c6ccccc6n(-c6ccccc6)c45)c3)n2)cc1. The van der Waals surface area contributed by atoms with Gasteiger partial charge in [-0.2, -0.15) is 0 Å². The monoisotopic (exact) mass is 1040 g/mol. The fourth-order valence-electron chi connectivity index (χ4n) is 13.3. The lowest BCUT2D eigenvalue weighted by molar-refractivity contribution is 1.15. The summed E-state index contributed by atoms with van der Waals surface area (Å²) < 4.78 is 9.91. The van der Waals surface area contributed by atoms with E-state index in [4.69, 9.17) is 9.97 Å². The Labute approximate surface area is 471 Å². The summed E-state index contributed by atoms with van der Waals surface area (Å²) in [4.78, 5) is 10.9. The van der Waals surface area contributed by atoms with Crippen LogP contribution in [0.15, 0.2) is 291 Å². The quantitative estimate of drug-likeness (QED) is 0.152. The summed E-state index contributed by atoms with van der Waals surface area (Å²) in [6.45, 7) is 0. The lowest BCUT2D eigenvalue weighted by Crippen LogP contribution is -2.03. The summed E-state index contributed by atoms with van der Waals surface area (Å²) in [5.74, 6) is 0.647. The van der Waals surface area contributed by atoms with Crippen LogP contribution in [0.4, 0.5) is 0 Å². The zero-order chi connectivity index (χ0) is 53.8. The van der Waals surface area contributed by atoms with Gasteiger partial charge < -0.3 is 18.3 Å². The van der Waals surface area contributed by atoms with E-state index in [1.165, 1.54) is 65.2 Å². The Hall–Kier alpha value is -11.1. The Kier molecular flexibility index (Phi) is 10.2. The van der Waals surface area contributed by atoms with Gasteiger partial charge in [-0.1, -0.05) is 212 Å². The number of fused-ring (bicyclic) bond motifs is 14. The summed E-state index contributed by atoms with van der Waals surface area (Å²) in [6, 6.07) is 105. The van der Waals surface area contributed by atoms with Crippen LogP contribution in [0, 0.1) is 0 Å². The Morgan fingerprint density at radius 3 is 1.12 bits per heavy atom. The molecule has 0 aliphatic heterocycles. The van der Waals surface area contributed by atoms with Gasteiger partial charge in [0.25, 0.3) is 0 Å². The highest BCUT2D eigenvalue weighted by molar-refractivity contribution is 6.28. The van der Waals surface area contributed by atoms with Crippen LogP contribution in [-0.2, 0) is 0 Å². The van der Waals surface area contributed by atoms with Crippen molar-refractivity contribution in [3.05, 3.63) is 291 Å². The van der Waals surface area contributed by atoms with E-state index < -0.39 is 0 Å². The number of hydrogen-bond donors (Lipinski definition) is 0. The number of nitrogens with zero attached hydrogens (tertiary/aromatic N) is 6. The molecule has 0 spiro atoms. The smallest absolute Gasteiger partial charge is 0.160 e. The first-order valence-corrected chi connectivity index (χ1v) is 28.0.